The summed E-state index contributed by atoms with van der Waals surface area (Å²) in [5.74, 6) is 1.40. The molecule has 3 aromatic rings. The van der Waals surface area contributed by atoms with Crippen LogP contribution < -0.4 is 23.8 Å². The molecule has 9 heteroatoms. The van der Waals surface area contributed by atoms with Crippen molar-refractivity contribution in [3.63, 3.8) is 0 Å². The number of carbonyl (C=O) groups excluding carboxylic acids is 1. The Hall–Kier alpha value is -3.72. The van der Waals surface area contributed by atoms with E-state index in [9.17, 15) is 13.2 Å². The van der Waals surface area contributed by atoms with Crippen molar-refractivity contribution in [2.75, 3.05) is 30.6 Å². The van der Waals surface area contributed by atoms with Crippen LogP contribution in [0.5, 0.6) is 17.2 Å². The summed E-state index contributed by atoms with van der Waals surface area (Å²) in [5, 5.41) is 2.76. The zero-order valence-electron chi connectivity index (χ0n) is 18.7. The summed E-state index contributed by atoms with van der Waals surface area (Å²) in [7, 11) is -3.72. The average Bonchev–Trinajstić information content (AvgIpc) is 2.87. The largest absolute Gasteiger partial charge is 0.486 e. The lowest BCUT2D eigenvalue weighted by molar-refractivity contribution is -0.123. The maximum absolute atomic E-state index is 13.1. The summed E-state index contributed by atoms with van der Waals surface area (Å²) in [6.45, 7) is 2.49. The number of nitrogens with zero attached hydrogens (tertiary/aromatic N) is 1. The highest BCUT2D eigenvalue weighted by atomic mass is 32.2. The van der Waals surface area contributed by atoms with Crippen LogP contribution in [0.2, 0.25) is 0 Å². The molecule has 1 aliphatic rings. The number of hydrogen-bond acceptors (Lipinski definition) is 6. The van der Waals surface area contributed by atoms with Gasteiger partial charge >= 0.3 is 0 Å². The van der Waals surface area contributed by atoms with Gasteiger partial charge in [-0.25, -0.2) is 8.42 Å². The summed E-state index contributed by atoms with van der Waals surface area (Å²) in [6, 6.07) is 22.3. The normalized spacial score (nSPS) is 14.8. The van der Waals surface area contributed by atoms with E-state index in [2.05, 4.69) is 5.32 Å². The van der Waals surface area contributed by atoms with Gasteiger partial charge in [0.2, 0.25) is 0 Å². The van der Waals surface area contributed by atoms with E-state index in [0.29, 0.717) is 36.1 Å². The van der Waals surface area contributed by atoms with Crippen molar-refractivity contribution in [3.8, 4) is 17.2 Å². The molecular formula is C25H26N2O6S. The van der Waals surface area contributed by atoms with Crippen molar-refractivity contribution in [3.05, 3.63) is 78.9 Å². The summed E-state index contributed by atoms with van der Waals surface area (Å²) in [4.78, 5) is 12.3. The number of para-hydroxylation sites is 3. The van der Waals surface area contributed by atoms with Crippen LogP contribution in [0.25, 0.3) is 0 Å². The third kappa shape index (κ3) is 5.43. The van der Waals surface area contributed by atoms with Gasteiger partial charge in [0.05, 0.1) is 17.1 Å². The SMILES string of the molecule is CCN(c1ccccc1)S(=O)(=O)c1ccc(OCC(=O)NCC2COc3ccccc3O2)cc1. The number of amides is 1. The minimum absolute atomic E-state index is 0.143. The summed E-state index contributed by atoms with van der Waals surface area (Å²) < 4.78 is 44.4. The number of anilines is 1. The molecule has 4 rings (SSSR count). The van der Waals surface area contributed by atoms with Gasteiger partial charge in [-0.05, 0) is 55.5 Å². The van der Waals surface area contributed by atoms with E-state index in [1.807, 2.05) is 30.3 Å². The molecule has 178 valence electrons. The molecule has 1 atom stereocenters. The molecule has 0 saturated heterocycles. The lowest BCUT2D eigenvalue weighted by atomic mass is 10.2. The van der Waals surface area contributed by atoms with Crippen LogP contribution >= 0.6 is 0 Å². The van der Waals surface area contributed by atoms with Gasteiger partial charge in [0.1, 0.15) is 18.5 Å². The predicted molar refractivity (Wildman–Crippen MR) is 128 cm³/mol. The van der Waals surface area contributed by atoms with Gasteiger partial charge in [0.25, 0.3) is 15.9 Å². The Morgan fingerprint density at radius 3 is 2.38 bits per heavy atom. The van der Waals surface area contributed by atoms with Crippen molar-refractivity contribution in [1.29, 1.82) is 0 Å². The van der Waals surface area contributed by atoms with Gasteiger partial charge in [-0.2, -0.15) is 0 Å². The monoisotopic (exact) mass is 482 g/mol. The Kier molecular flexibility index (Phi) is 7.22. The van der Waals surface area contributed by atoms with Crippen molar-refractivity contribution < 1.29 is 27.4 Å². The number of fused-ring (bicyclic) bond motifs is 1. The highest BCUT2D eigenvalue weighted by molar-refractivity contribution is 7.92. The lowest BCUT2D eigenvalue weighted by Crippen LogP contribution is -2.42. The first kappa shape index (κ1) is 23.4. The third-order valence-electron chi connectivity index (χ3n) is 5.21. The number of nitrogens with one attached hydrogen (secondary N) is 1. The van der Waals surface area contributed by atoms with Crippen LogP contribution in [-0.2, 0) is 14.8 Å². The molecule has 8 nitrogen and oxygen atoms in total. The van der Waals surface area contributed by atoms with Crippen molar-refractivity contribution in [2.24, 2.45) is 0 Å². The Labute approximate surface area is 199 Å². The minimum atomic E-state index is -3.72. The standard InChI is InChI=1S/C25H26N2O6S/c1-2-27(19-8-4-3-5-9-19)34(29,30)22-14-12-20(13-15-22)31-18-25(28)26-16-21-17-32-23-10-6-7-11-24(23)33-21/h3-15,21H,2,16-18H2,1H3,(H,26,28). The minimum Gasteiger partial charge on any atom is -0.486 e. The molecule has 0 radical (unpaired) electrons. The molecule has 1 amide bonds. The van der Waals surface area contributed by atoms with Gasteiger partial charge in [-0.3, -0.25) is 9.10 Å². The molecule has 1 heterocycles. The molecule has 0 saturated carbocycles. The van der Waals surface area contributed by atoms with Crippen LogP contribution in [0.1, 0.15) is 6.92 Å². The first-order valence-electron chi connectivity index (χ1n) is 10.9. The zero-order valence-corrected chi connectivity index (χ0v) is 19.5. The van der Waals surface area contributed by atoms with Crippen molar-refractivity contribution >= 4 is 21.6 Å². The van der Waals surface area contributed by atoms with E-state index in [1.54, 1.807) is 31.2 Å². The van der Waals surface area contributed by atoms with Crippen molar-refractivity contribution in [2.45, 2.75) is 17.9 Å². The van der Waals surface area contributed by atoms with E-state index in [0.717, 1.165) is 0 Å². The molecule has 0 aromatic heterocycles. The van der Waals surface area contributed by atoms with Crippen molar-refractivity contribution in [1.82, 2.24) is 5.32 Å². The number of rotatable bonds is 9. The Morgan fingerprint density at radius 2 is 1.68 bits per heavy atom. The molecule has 1 N–H and O–H groups in total. The molecule has 3 aromatic carbocycles. The zero-order chi connectivity index (χ0) is 24.0. The molecule has 1 aliphatic heterocycles. The van der Waals surface area contributed by atoms with Gasteiger partial charge in [-0.1, -0.05) is 30.3 Å². The molecule has 0 aliphatic carbocycles. The maximum atomic E-state index is 13.1. The fourth-order valence-corrected chi connectivity index (χ4v) is 4.99. The smallest absolute Gasteiger partial charge is 0.264 e. The van der Waals surface area contributed by atoms with E-state index in [-0.39, 0.29) is 30.1 Å². The Morgan fingerprint density at radius 1 is 1.00 bits per heavy atom. The first-order chi connectivity index (χ1) is 16.5. The van der Waals surface area contributed by atoms with Gasteiger partial charge in [0.15, 0.2) is 18.1 Å². The number of ether oxygens (including phenoxy) is 3. The maximum Gasteiger partial charge on any atom is 0.264 e. The van der Waals surface area contributed by atoms with E-state index in [4.69, 9.17) is 14.2 Å². The quantitative estimate of drug-likeness (QED) is 0.503. The van der Waals surface area contributed by atoms with Crippen LogP contribution in [0.3, 0.4) is 0 Å². The second kappa shape index (κ2) is 10.5. The van der Waals surface area contributed by atoms with Crippen LogP contribution in [0.4, 0.5) is 5.69 Å². The predicted octanol–water partition coefficient (Wildman–Crippen LogP) is 3.24. The topological polar surface area (TPSA) is 94.2 Å². The molecule has 0 bridgehead atoms. The van der Waals surface area contributed by atoms with E-state index in [1.165, 1.54) is 28.6 Å². The molecule has 34 heavy (non-hydrogen) atoms. The molecular weight excluding hydrogens is 456 g/mol. The van der Waals surface area contributed by atoms with Gasteiger partial charge in [0, 0.05) is 6.54 Å². The highest BCUT2D eigenvalue weighted by Gasteiger charge is 2.24. The fourth-order valence-electron chi connectivity index (χ4n) is 3.51. The van der Waals surface area contributed by atoms with Crippen LogP contribution in [-0.4, -0.2) is 46.7 Å². The van der Waals surface area contributed by atoms with Gasteiger partial charge < -0.3 is 19.5 Å². The molecule has 1 unspecified atom stereocenters. The second-order valence-electron chi connectivity index (χ2n) is 7.57. The summed E-state index contributed by atoms with van der Waals surface area (Å²) in [5.41, 5.74) is 0.595. The number of sulfonamides is 1. The second-order valence-corrected chi connectivity index (χ2v) is 9.43. The number of carbonyl (C=O) groups is 1. The summed E-state index contributed by atoms with van der Waals surface area (Å²) in [6.07, 6.45) is -0.297. The fraction of sp³-hybridized carbons (Fsp3) is 0.240. The number of benzene rings is 3. The Balaban J connectivity index is 1.28. The Bertz CT molecular complexity index is 1220. The van der Waals surface area contributed by atoms with Crippen LogP contribution in [0, 0.1) is 0 Å². The summed E-state index contributed by atoms with van der Waals surface area (Å²) >= 11 is 0. The number of hydrogen-bond donors (Lipinski definition) is 1. The first-order valence-corrected chi connectivity index (χ1v) is 12.4. The molecule has 0 fully saturated rings. The van der Waals surface area contributed by atoms with E-state index < -0.39 is 10.0 Å². The molecule has 0 spiro atoms. The van der Waals surface area contributed by atoms with E-state index >= 15 is 0 Å². The van der Waals surface area contributed by atoms with Crippen LogP contribution in [0.15, 0.2) is 83.8 Å². The average molecular weight is 483 g/mol. The third-order valence-corrected chi connectivity index (χ3v) is 7.12. The highest BCUT2D eigenvalue weighted by Crippen LogP contribution is 2.30. The lowest BCUT2D eigenvalue weighted by Gasteiger charge is -2.26. The van der Waals surface area contributed by atoms with Gasteiger partial charge in [-0.15, -0.1) is 0 Å².